The Kier molecular flexibility index (Phi) is 4.33. The van der Waals surface area contributed by atoms with Gasteiger partial charge in [-0.3, -0.25) is 4.79 Å². The summed E-state index contributed by atoms with van der Waals surface area (Å²) in [4.78, 5) is 27.6. The Morgan fingerprint density at radius 2 is 2.05 bits per heavy atom. The molecule has 116 valence electrons. The fraction of sp³-hybridized carbons (Fsp3) is 0.467. The quantitative estimate of drug-likeness (QED) is 0.940. The summed E-state index contributed by atoms with van der Waals surface area (Å²) in [6.45, 7) is 5.36. The number of rotatable bonds is 3. The Labute approximate surface area is 133 Å². The second-order valence-corrected chi connectivity index (χ2v) is 6.38. The molecule has 2 aromatic rings. The van der Waals surface area contributed by atoms with Gasteiger partial charge in [0.1, 0.15) is 17.0 Å². The molecule has 3 rings (SSSR count). The zero-order valence-corrected chi connectivity index (χ0v) is 13.6. The molecule has 0 atom stereocenters. The van der Waals surface area contributed by atoms with E-state index in [-0.39, 0.29) is 5.91 Å². The molecule has 0 aliphatic carbocycles. The molecule has 0 unspecified atom stereocenters. The van der Waals surface area contributed by atoms with Crippen molar-refractivity contribution in [1.29, 1.82) is 0 Å². The van der Waals surface area contributed by atoms with E-state index in [4.69, 9.17) is 0 Å². The van der Waals surface area contributed by atoms with Crippen molar-refractivity contribution in [2.24, 2.45) is 0 Å². The van der Waals surface area contributed by atoms with Gasteiger partial charge in [-0.15, -0.1) is 11.3 Å². The Morgan fingerprint density at radius 3 is 2.68 bits per heavy atom. The predicted molar refractivity (Wildman–Crippen MR) is 86.2 cm³/mol. The minimum Gasteiger partial charge on any atom is -0.367 e. The summed E-state index contributed by atoms with van der Waals surface area (Å²) in [5.74, 6) is 0.965. The van der Waals surface area contributed by atoms with E-state index in [1.165, 1.54) is 11.3 Å². The first kappa shape index (κ1) is 14.9. The number of nitrogens with one attached hydrogen (secondary N) is 1. The average Bonchev–Trinajstić information content (AvgIpc) is 2.93. The van der Waals surface area contributed by atoms with Gasteiger partial charge in [-0.2, -0.15) is 0 Å². The minimum absolute atomic E-state index is 0.108. The molecule has 1 saturated heterocycles. The smallest absolute Gasteiger partial charge is 0.265 e. The van der Waals surface area contributed by atoms with Crippen LogP contribution in [-0.2, 0) is 0 Å². The highest BCUT2D eigenvalue weighted by Gasteiger charge is 2.25. The second-order valence-electron chi connectivity index (χ2n) is 5.52. The lowest BCUT2D eigenvalue weighted by Crippen LogP contribution is -2.42. The normalized spacial score (nSPS) is 15.8. The van der Waals surface area contributed by atoms with E-state index in [0.717, 1.165) is 48.0 Å². The topological polar surface area (TPSA) is 71.0 Å². The van der Waals surface area contributed by atoms with Gasteiger partial charge in [-0.1, -0.05) is 0 Å². The maximum atomic E-state index is 12.4. The van der Waals surface area contributed by atoms with Gasteiger partial charge in [0.2, 0.25) is 0 Å². The first-order chi connectivity index (χ1) is 10.6. The molecule has 1 aliphatic rings. The van der Waals surface area contributed by atoms with Crippen LogP contribution in [0.5, 0.6) is 0 Å². The van der Waals surface area contributed by atoms with Gasteiger partial charge in [0.25, 0.3) is 5.91 Å². The molecule has 22 heavy (non-hydrogen) atoms. The zero-order chi connectivity index (χ0) is 15.5. The number of carbonyl (C=O) groups is 1. The molecule has 6 nitrogen and oxygen atoms in total. The van der Waals surface area contributed by atoms with Crippen LogP contribution >= 0.6 is 11.3 Å². The van der Waals surface area contributed by atoms with Crippen molar-refractivity contribution in [3.05, 3.63) is 34.2 Å². The van der Waals surface area contributed by atoms with Crippen LogP contribution in [0.2, 0.25) is 0 Å². The number of likely N-dealkylation sites (tertiary alicyclic amines) is 1. The molecule has 1 fully saturated rings. The van der Waals surface area contributed by atoms with Gasteiger partial charge >= 0.3 is 0 Å². The molecule has 1 aliphatic heterocycles. The number of hydrogen-bond acceptors (Lipinski definition) is 6. The third-order valence-electron chi connectivity index (χ3n) is 3.88. The Balaban J connectivity index is 1.56. The van der Waals surface area contributed by atoms with Crippen LogP contribution in [0.25, 0.3) is 0 Å². The molecule has 1 N–H and O–H groups in total. The number of carbonyl (C=O) groups excluding carboxylic acids is 1. The van der Waals surface area contributed by atoms with E-state index < -0.39 is 0 Å². The summed E-state index contributed by atoms with van der Waals surface area (Å²) >= 11 is 1.42. The van der Waals surface area contributed by atoms with Crippen molar-refractivity contribution < 1.29 is 4.79 Å². The Bertz CT molecular complexity index is 663. The summed E-state index contributed by atoms with van der Waals surface area (Å²) < 4.78 is 0. The average molecular weight is 317 g/mol. The molecule has 0 radical (unpaired) electrons. The molecule has 3 heterocycles. The van der Waals surface area contributed by atoms with Crippen molar-refractivity contribution in [1.82, 2.24) is 19.9 Å². The van der Waals surface area contributed by atoms with Crippen LogP contribution in [0.1, 0.15) is 33.9 Å². The summed E-state index contributed by atoms with van der Waals surface area (Å²) in [6, 6.07) is 2.29. The summed E-state index contributed by atoms with van der Waals surface area (Å²) in [5, 5.41) is 3.43. The second kappa shape index (κ2) is 6.39. The van der Waals surface area contributed by atoms with Crippen LogP contribution in [-0.4, -0.2) is 44.9 Å². The Morgan fingerprint density at radius 1 is 1.27 bits per heavy atom. The highest BCUT2D eigenvalue weighted by molar-refractivity contribution is 7.11. The maximum absolute atomic E-state index is 12.4. The molecular weight excluding hydrogens is 298 g/mol. The standard InChI is InChI=1S/C15H19N5OS/c1-10-7-13(17-8-16-10)19-12-3-5-20(6-4-12)15(21)14-11(2)18-9-22-14/h7-9,12H,3-6H2,1-2H3,(H,16,17,19). The molecule has 7 heteroatoms. The van der Waals surface area contributed by atoms with Gasteiger partial charge in [-0.25, -0.2) is 15.0 Å². The van der Waals surface area contributed by atoms with Crippen molar-refractivity contribution >= 4 is 23.1 Å². The van der Waals surface area contributed by atoms with E-state index >= 15 is 0 Å². The fourth-order valence-electron chi connectivity index (χ4n) is 2.62. The van der Waals surface area contributed by atoms with Crippen LogP contribution < -0.4 is 5.32 Å². The van der Waals surface area contributed by atoms with E-state index in [0.29, 0.717) is 6.04 Å². The summed E-state index contributed by atoms with van der Waals surface area (Å²) in [6.07, 6.45) is 3.42. The molecule has 0 saturated carbocycles. The third-order valence-corrected chi connectivity index (χ3v) is 4.79. The third kappa shape index (κ3) is 3.24. The number of hydrogen-bond donors (Lipinski definition) is 1. The van der Waals surface area contributed by atoms with Crippen molar-refractivity contribution in [2.75, 3.05) is 18.4 Å². The summed E-state index contributed by atoms with van der Waals surface area (Å²) in [7, 11) is 0. The van der Waals surface area contributed by atoms with E-state index in [2.05, 4.69) is 20.3 Å². The highest BCUT2D eigenvalue weighted by atomic mass is 32.1. The molecule has 1 amide bonds. The number of thiazole rings is 1. The van der Waals surface area contributed by atoms with Crippen molar-refractivity contribution in [3.8, 4) is 0 Å². The number of amides is 1. The largest absolute Gasteiger partial charge is 0.367 e. The molecular formula is C15H19N5OS. The first-order valence-electron chi connectivity index (χ1n) is 7.38. The highest BCUT2D eigenvalue weighted by Crippen LogP contribution is 2.20. The number of aryl methyl sites for hydroxylation is 2. The zero-order valence-electron chi connectivity index (χ0n) is 12.7. The SMILES string of the molecule is Cc1cc(NC2CCN(C(=O)c3scnc3C)CC2)ncn1. The lowest BCUT2D eigenvalue weighted by atomic mass is 10.0. The van der Waals surface area contributed by atoms with Crippen LogP contribution in [0.15, 0.2) is 17.9 Å². The monoisotopic (exact) mass is 317 g/mol. The molecule has 0 aromatic carbocycles. The van der Waals surface area contributed by atoms with Gasteiger partial charge < -0.3 is 10.2 Å². The van der Waals surface area contributed by atoms with E-state index in [1.807, 2.05) is 24.8 Å². The van der Waals surface area contributed by atoms with Crippen LogP contribution in [0, 0.1) is 13.8 Å². The van der Waals surface area contributed by atoms with E-state index in [1.54, 1.807) is 11.8 Å². The number of piperidine rings is 1. The maximum Gasteiger partial charge on any atom is 0.265 e. The number of nitrogens with zero attached hydrogens (tertiary/aromatic N) is 4. The van der Waals surface area contributed by atoms with Gasteiger partial charge in [0.05, 0.1) is 11.2 Å². The lowest BCUT2D eigenvalue weighted by molar-refractivity contribution is 0.0722. The summed E-state index contributed by atoms with van der Waals surface area (Å²) in [5.41, 5.74) is 3.51. The molecule has 0 bridgehead atoms. The minimum atomic E-state index is 0.108. The fourth-order valence-corrected chi connectivity index (χ4v) is 3.39. The number of anilines is 1. The van der Waals surface area contributed by atoms with E-state index in [9.17, 15) is 4.79 Å². The number of aromatic nitrogens is 3. The van der Waals surface area contributed by atoms with Crippen LogP contribution in [0.3, 0.4) is 0 Å². The van der Waals surface area contributed by atoms with Gasteiger partial charge in [-0.05, 0) is 26.7 Å². The Hall–Kier alpha value is -2.02. The van der Waals surface area contributed by atoms with Crippen molar-refractivity contribution in [2.45, 2.75) is 32.7 Å². The lowest BCUT2D eigenvalue weighted by Gasteiger charge is -2.32. The van der Waals surface area contributed by atoms with Gasteiger partial charge in [0, 0.05) is 30.9 Å². The first-order valence-corrected chi connectivity index (χ1v) is 8.26. The molecule has 0 spiro atoms. The van der Waals surface area contributed by atoms with Gasteiger partial charge in [0.15, 0.2) is 0 Å². The van der Waals surface area contributed by atoms with Crippen molar-refractivity contribution in [3.63, 3.8) is 0 Å². The predicted octanol–water partition coefficient (Wildman–Crippen LogP) is 2.27. The van der Waals surface area contributed by atoms with Crippen LogP contribution in [0.4, 0.5) is 5.82 Å². The molecule has 2 aromatic heterocycles.